The van der Waals surface area contributed by atoms with Crippen LogP contribution in [0.3, 0.4) is 0 Å². The molecule has 4 nitrogen and oxygen atoms in total. The Morgan fingerprint density at radius 2 is 2.35 bits per heavy atom. The molecule has 2 aromatic rings. The van der Waals surface area contributed by atoms with Crippen LogP contribution in [0.15, 0.2) is 30.6 Å². The molecule has 0 radical (unpaired) electrons. The third kappa shape index (κ3) is 2.56. The van der Waals surface area contributed by atoms with Crippen molar-refractivity contribution in [1.82, 2.24) is 14.9 Å². The zero-order valence-electron chi connectivity index (χ0n) is 12.1. The topological polar surface area (TPSA) is 41.1 Å². The summed E-state index contributed by atoms with van der Waals surface area (Å²) in [5.41, 5.74) is 3.66. The summed E-state index contributed by atoms with van der Waals surface area (Å²) in [6.45, 7) is 4.13. The quantitative estimate of drug-likeness (QED) is 0.929. The minimum atomic E-state index is 0.473. The van der Waals surface area contributed by atoms with Crippen molar-refractivity contribution >= 4 is 0 Å². The molecule has 1 aliphatic rings. The van der Waals surface area contributed by atoms with Crippen LogP contribution in [0.25, 0.3) is 0 Å². The van der Waals surface area contributed by atoms with Crippen LogP contribution in [0.2, 0.25) is 0 Å². The predicted octanol–water partition coefficient (Wildman–Crippen LogP) is 3.06. The van der Waals surface area contributed by atoms with Gasteiger partial charge >= 0.3 is 0 Å². The fourth-order valence-corrected chi connectivity index (χ4v) is 2.98. The van der Waals surface area contributed by atoms with Gasteiger partial charge in [0.2, 0.25) is 0 Å². The van der Waals surface area contributed by atoms with Crippen LogP contribution in [0.1, 0.15) is 35.8 Å². The number of hydrogen-bond donors (Lipinski definition) is 1. The molecule has 3 rings (SSSR count). The minimum Gasteiger partial charge on any atom is -0.497 e. The Labute approximate surface area is 119 Å². The molecule has 1 aliphatic heterocycles. The maximum absolute atomic E-state index is 5.34. The number of imidazole rings is 1. The second kappa shape index (κ2) is 5.67. The van der Waals surface area contributed by atoms with Gasteiger partial charge in [0, 0.05) is 18.3 Å². The number of likely N-dealkylation sites (tertiary alicyclic amines) is 1. The second-order valence-electron chi connectivity index (χ2n) is 5.38. The van der Waals surface area contributed by atoms with E-state index in [1.807, 2.05) is 6.07 Å². The number of nitrogens with one attached hydrogen (secondary N) is 1. The maximum Gasteiger partial charge on any atom is 0.119 e. The first-order chi connectivity index (χ1) is 9.78. The van der Waals surface area contributed by atoms with E-state index in [-0.39, 0.29) is 0 Å². The summed E-state index contributed by atoms with van der Waals surface area (Å²) in [4.78, 5) is 10.1. The van der Waals surface area contributed by atoms with Crippen LogP contribution in [0.5, 0.6) is 5.75 Å². The third-order valence-electron chi connectivity index (χ3n) is 4.13. The normalized spacial score (nSPS) is 19.4. The second-order valence-corrected chi connectivity index (χ2v) is 5.38. The summed E-state index contributed by atoms with van der Waals surface area (Å²) in [5.74, 6) is 0.935. The number of rotatable bonds is 4. The molecule has 1 aromatic heterocycles. The Balaban J connectivity index is 1.79. The van der Waals surface area contributed by atoms with Gasteiger partial charge in [-0.05, 0) is 44.0 Å². The Hall–Kier alpha value is -1.81. The van der Waals surface area contributed by atoms with Gasteiger partial charge in [-0.3, -0.25) is 4.90 Å². The molecule has 4 heteroatoms. The van der Waals surface area contributed by atoms with Gasteiger partial charge < -0.3 is 9.72 Å². The molecule has 0 saturated carbocycles. The minimum absolute atomic E-state index is 0.473. The van der Waals surface area contributed by atoms with Gasteiger partial charge in [-0.1, -0.05) is 12.1 Å². The van der Waals surface area contributed by atoms with Crippen molar-refractivity contribution in [2.24, 2.45) is 0 Å². The van der Waals surface area contributed by atoms with E-state index < -0.39 is 0 Å². The van der Waals surface area contributed by atoms with E-state index in [9.17, 15) is 0 Å². The smallest absolute Gasteiger partial charge is 0.119 e. The van der Waals surface area contributed by atoms with Crippen LogP contribution in [-0.4, -0.2) is 28.5 Å². The Morgan fingerprint density at radius 3 is 3.10 bits per heavy atom. The molecule has 0 bridgehead atoms. The van der Waals surface area contributed by atoms with E-state index in [0.29, 0.717) is 6.04 Å². The molecule has 1 fully saturated rings. The highest BCUT2D eigenvalue weighted by atomic mass is 16.5. The van der Waals surface area contributed by atoms with Crippen LogP contribution >= 0.6 is 0 Å². The van der Waals surface area contributed by atoms with Gasteiger partial charge in [0.15, 0.2) is 0 Å². The van der Waals surface area contributed by atoms with Crippen molar-refractivity contribution in [2.45, 2.75) is 32.4 Å². The van der Waals surface area contributed by atoms with E-state index >= 15 is 0 Å². The lowest BCUT2D eigenvalue weighted by Gasteiger charge is -2.24. The Morgan fingerprint density at radius 1 is 1.45 bits per heavy atom. The van der Waals surface area contributed by atoms with Crippen LogP contribution in [0, 0.1) is 6.92 Å². The lowest BCUT2D eigenvalue weighted by atomic mass is 10.0. The van der Waals surface area contributed by atoms with Crippen molar-refractivity contribution in [1.29, 1.82) is 0 Å². The van der Waals surface area contributed by atoms with Crippen molar-refractivity contribution in [3.63, 3.8) is 0 Å². The number of H-pyrrole nitrogens is 1. The monoisotopic (exact) mass is 271 g/mol. The average Bonchev–Trinajstić information content (AvgIpc) is 3.09. The first-order valence-electron chi connectivity index (χ1n) is 7.15. The Kier molecular flexibility index (Phi) is 3.74. The van der Waals surface area contributed by atoms with Gasteiger partial charge in [-0.15, -0.1) is 0 Å². The number of ether oxygens (including phenoxy) is 1. The molecular weight excluding hydrogens is 250 g/mol. The van der Waals surface area contributed by atoms with Crippen LogP contribution < -0.4 is 4.74 Å². The molecule has 1 saturated heterocycles. The Bertz CT molecular complexity index is 579. The SMILES string of the molecule is COc1cccc([C@H]2CCCN2Cc2nc[nH]c2C)c1. The largest absolute Gasteiger partial charge is 0.497 e. The predicted molar refractivity (Wildman–Crippen MR) is 78.7 cm³/mol. The van der Waals surface area contributed by atoms with Gasteiger partial charge in [0.25, 0.3) is 0 Å². The molecule has 1 N–H and O–H groups in total. The number of aromatic nitrogens is 2. The summed E-state index contributed by atoms with van der Waals surface area (Å²) in [5, 5.41) is 0. The van der Waals surface area contributed by atoms with Crippen LogP contribution in [-0.2, 0) is 6.54 Å². The lowest BCUT2D eigenvalue weighted by molar-refractivity contribution is 0.245. The van der Waals surface area contributed by atoms with E-state index in [1.54, 1.807) is 13.4 Å². The number of methoxy groups -OCH3 is 1. The molecule has 0 amide bonds. The van der Waals surface area contributed by atoms with Crippen molar-refractivity contribution in [3.05, 3.63) is 47.5 Å². The van der Waals surface area contributed by atoms with Crippen molar-refractivity contribution in [2.75, 3.05) is 13.7 Å². The van der Waals surface area contributed by atoms with Crippen molar-refractivity contribution in [3.8, 4) is 5.75 Å². The van der Waals surface area contributed by atoms with E-state index in [1.165, 1.54) is 24.1 Å². The molecule has 2 heterocycles. The van der Waals surface area contributed by atoms with Gasteiger partial charge in [0.1, 0.15) is 5.75 Å². The highest BCUT2D eigenvalue weighted by Gasteiger charge is 2.27. The number of aromatic amines is 1. The van der Waals surface area contributed by atoms with E-state index in [4.69, 9.17) is 4.74 Å². The third-order valence-corrected chi connectivity index (χ3v) is 4.13. The molecule has 0 spiro atoms. The van der Waals surface area contributed by atoms with Gasteiger partial charge in [-0.2, -0.15) is 0 Å². The standard InChI is InChI=1S/C16H21N3O/c1-12-15(18-11-17-12)10-19-8-4-7-16(19)13-5-3-6-14(9-13)20-2/h3,5-6,9,11,16H,4,7-8,10H2,1-2H3,(H,17,18)/t16-/m1/s1. The highest BCUT2D eigenvalue weighted by molar-refractivity contribution is 5.31. The van der Waals surface area contributed by atoms with E-state index in [2.05, 4.69) is 40.0 Å². The summed E-state index contributed by atoms with van der Waals surface area (Å²) in [6, 6.07) is 8.90. The molecule has 106 valence electrons. The first-order valence-corrected chi connectivity index (χ1v) is 7.15. The van der Waals surface area contributed by atoms with Crippen LogP contribution in [0.4, 0.5) is 0 Å². The summed E-state index contributed by atoms with van der Waals surface area (Å²) < 4.78 is 5.34. The van der Waals surface area contributed by atoms with Gasteiger partial charge in [0.05, 0.1) is 19.1 Å². The number of aryl methyl sites for hydroxylation is 1. The fraction of sp³-hybridized carbons (Fsp3) is 0.438. The number of hydrogen-bond acceptors (Lipinski definition) is 3. The zero-order chi connectivity index (χ0) is 13.9. The highest BCUT2D eigenvalue weighted by Crippen LogP contribution is 2.34. The molecular formula is C16H21N3O. The van der Waals surface area contributed by atoms with Gasteiger partial charge in [-0.25, -0.2) is 4.98 Å². The van der Waals surface area contributed by atoms with E-state index in [0.717, 1.165) is 24.5 Å². The number of nitrogens with zero attached hydrogens (tertiary/aromatic N) is 2. The molecule has 0 unspecified atom stereocenters. The molecule has 20 heavy (non-hydrogen) atoms. The maximum atomic E-state index is 5.34. The van der Waals surface area contributed by atoms with Crippen molar-refractivity contribution < 1.29 is 4.74 Å². The summed E-state index contributed by atoms with van der Waals surface area (Å²) in [7, 11) is 1.72. The zero-order valence-corrected chi connectivity index (χ0v) is 12.1. The molecule has 1 atom stereocenters. The molecule has 1 aromatic carbocycles. The fourth-order valence-electron chi connectivity index (χ4n) is 2.98. The number of benzene rings is 1. The summed E-state index contributed by atoms with van der Waals surface area (Å²) >= 11 is 0. The average molecular weight is 271 g/mol. The first kappa shape index (κ1) is 13.2. The summed E-state index contributed by atoms with van der Waals surface area (Å²) in [6.07, 6.45) is 4.23. The molecule has 0 aliphatic carbocycles. The lowest BCUT2D eigenvalue weighted by Crippen LogP contribution is -2.23.